The van der Waals surface area contributed by atoms with Crippen molar-refractivity contribution < 1.29 is 13.2 Å². The summed E-state index contributed by atoms with van der Waals surface area (Å²) in [6.45, 7) is 0.0754. The van der Waals surface area contributed by atoms with Gasteiger partial charge in [0.05, 0.1) is 22.8 Å². The maximum absolute atomic E-state index is 12.8. The summed E-state index contributed by atoms with van der Waals surface area (Å²) < 4.78 is 39.3. The third-order valence-corrected chi connectivity index (χ3v) is 5.22. The Morgan fingerprint density at radius 3 is 2.65 bits per heavy atom. The second kappa shape index (κ2) is 6.47. The third kappa shape index (κ3) is 3.83. The molecule has 124 valence electrons. The highest BCUT2D eigenvalue weighted by Crippen LogP contribution is 2.34. The van der Waals surface area contributed by atoms with E-state index in [1.54, 1.807) is 11.3 Å². The van der Waals surface area contributed by atoms with E-state index in [0.29, 0.717) is 11.6 Å². The van der Waals surface area contributed by atoms with Gasteiger partial charge in [-0.1, -0.05) is 19.3 Å². The SMILES string of the molecule is O=c1ccc(C(F)(F)F)cn1Cc1csc(C2CCCCC2)n1. The fraction of sp³-hybridized carbons (Fsp3) is 0.500. The van der Waals surface area contributed by atoms with Gasteiger partial charge < -0.3 is 4.57 Å². The summed E-state index contributed by atoms with van der Waals surface area (Å²) >= 11 is 1.54. The highest BCUT2D eigenvalue weighted by Gasteiger charge is 2.31. The fourth-order valence-electron chi connectivity index (χ4n) is 2.93. The zero-order chi connectivity index (χ0) is 16.4. The average Bonchev–Trinajstić information content (AvgIpc) is 2.98. The average molecular weight is 342 g/mol. The van der Waals surface area contributed by atoms with Crippen molar-refractivity contribution in [3.05, 3.63) is 50.3 Å². The van der Waals surface area contributed by atoms with Crippen LogP contribution >= 0.6 is 11.3 Å². The van der Waals surface area contributed by atoms with E-state index in [2.05, 4.69) is 4.98 Å². The summed E-state index contributed by atoms with van der Waals surface area (Å²) in [7, 11) is 0. The second-order valence-electron chi connectivity index (χ2n) is 5.89. The molecular weight excluding hydrogens is 325 g/mol. The molecule has 1 aliphatic carbocycles. The van der Waals surface area contributed by atoms with E-state index >= 15 is 0 Å². The number of halogens is 3. The molecule has 0 unspecified atom stereocenters. The first-order chi connectivity index (χ1) is 10.9. The minimum atomic E-state index is -4.45. The predicted molar refractivity (Wildman–Crippen MR) is 82.7 cm³/mol. The van der Waals surface area contributed by atoms with Gasteiger partial charge in [0.2, 0.25) is 0 Å². The molecule has 1 saturated carbocycles. The molecule has 1 aliphatic rings. The number of rotatable bonds is 3. The zero-order valence-electron chi connectivity index (χ0n) is 12.5. The standard InChI is InChI=1S/C16H17F3N2OS/c17-16(18,19)12-6-7-14(22)21(8-12)9-13-10-23-15(20-13)11-4-2-1-3-5-11/h6-8,10-11H,1-5,9H2. The molecule has 3 nitrogen and oxygen atoms in total. The van der Waals surface area contributed by atoms with Crippen LogP contribution in [0.2, 0.25) is 0 Å². The Hall–Kier alpha value is -1.63. The number of alkyl halides is 3. The lowest BCUT2D eigenvalue weighted by molar-refractivity contribution is -0.138. The van der Waals surface area contributed by atoms with Crippen LogP contribution in [0.4, 0.5) is 13.2 Å². The van der Waals surface area contributed by atoms with E-state index in [0.717, 1.165) is 40.7 Å². The molecule has 1 fully saturated rings. The summed E-state index contributed by atoms with van der Waals surface area (Å²) in [5.74, 6) is 0.459. The summed E-state index contributed by atoms with van der Waals surface area (Å²) in [5.41, 5.74) is -0.623. The predicted octanol–water partition coefficient (Wildman–Crippen LogP) is 4.42. The molecule has 0 amide bonds. The van der Waals surface area contributed by atoms with E-state index in [4.69, 9.17) is 0 Å². The van der Waals surface area contributed by atoms with Crippen molar-refractivity contribution in [2.24, 2.45) is 0 Å². The highest BCUT2D eigenvalue weighted by atomic mass is 32.1. The minimum absolute atomic E-state index is 0.0754. The van der Waals surface area contributed by atoms with Crippen LogP contribution in [-0.2, 0) is 12.7 Å². The molecule has 2 aromatic heterocycles. The monoisotopic (exact) mass is 342 g/mol. The summed E-state index contributed by atoms with van der Waals surface area (Å²) in [6.07, 6.45) is 2.31. The zero-order valence-corrected chi connectivity index (χ0v) is 13.3. The molecule has 7 heteroatoms. The van der Waals surface area contributed by atoms with Gasteiger partial charge in [0, 0.05) is 23.6 Å². The lowest BCUT2D eigenvalue weighted by Gasteiger charge is -2.18. The van der Waals surface area contributed by atoms with Crippen LogP contribution < -0.4 is 5.56 Å². The second-order valence-corrected chi connectivity index (χ2v) is 6.78. The van der Waals surface area contributed by atoms with Crippen LogP contribution in [0, 0.1) is 0 Å². The van der Waals surface area contributed by atoms with E-state index < -0.39 is 17.3 Å². The molecule has 23 heavy (non-hydrogen) atoms. The van der Waals surface area contributed by atoms with Crippen LogP contribution in [0.1, 0.15) is 54.3 Å². The molecule has 2 aromatic rings. The van der Waals surface area contributed by atoms with Gasteiger partial charge in [0.1, 0.15) is 0 Å². The van der Waals surface area contributed by atoms with Gasteiger partial charge in [0.15, 0.2) is 0 Å². The van der Waals surface area contributed by atoms with Gasteiger partial charge >= 0.3 is 6.18 Å². The van der Waals surface area contributed by atoms with Crippen molar-refractivity contribution >= 4 is 11.3 Å². The summed E-state index contributed by atoms with van der Waals surface area (Å²) in [4.78, 5) is 16.3. The molecule has 0 atom stereocenters. The van der Waals surface area contributed by atoms with Crippen molar-refractivity contribution in [1.29, 1.82) is 0 Å². The topological polar surface area (TPSA) is 34.9 Å². The van der Waals surface area contributed by atoms with Crippen LogP contribution in [0.5, 0.6) is 0 Å². The molecule has 0 aliphatic heterocycles. The Morgan fingerprint density at radius 1 is 1.22 bits per heavy atom. The third-order valence-electron chi connectivity index (χ3n) is 4.17. The Morgan fingerprint density at radius 2 is 1.96 bits per heavy atom. The number of thiazole rings is 1. The molecular formula is C16H17F3N2OS. The molecule has 0 bridgehead atoms. The molecule has 0 saturated heterocycles. The van der Waals surface area contributed by atoms with E-state index in [9.17, 15) is 18.0 Å². The number of hydrogen-bond donors (Lipinski definition) is 0. The smallest absolute Gasteiger partial charge is 0.309 e. The Kier molecular flexibility index (Phi) is 4.57. The number of pyridine rings is 1. The minimum Gasteiger partial charge on any atom is -0.309 e. The van der Waals surface area contributed by atoms with E-state index in [-0.39, 0.29) is 6.54 Å². The Balaban J connectivity index is 1.79. The molecule has 0 spiro atoms. The normalized spacial score (nSPS) is 16.7. The first-order valence-corrected chi connectivity index (χ1v) is 8.53. The van der Waals surface area contributed by atoms with Gasteiger partial charge in [-0.2, -0.15) is 13.2 Å². The van der Waals surface area contributed by atoms with Gasteiger partial charge in [-0.05, 0) is 18.9 Å². The lowest BCUT2D eigenvalue weighted by Crippen LogP contribution is -2.22. The number of hydrogen-bond acceptors (Lipinski definition) is 3. The van der Waals surface area contributed by atoms with Crippen molar-refractivity contribution in [3.8, 4) is 0 Å². The molecule has 0 N–H and O–H groups in total. The molecule has 0 aromatic carbocycles. The summed E-state index contributed by atoms with van der Waals surface area (Å²) in [5, 5.41) is 2.89. The highest BCUT2D eigenvalue weighted by molar-refractivity contribution is 7.09. The van der Waals surface area contributed by atoms with Crippen LogP contribution in [0.25, 0.3) is 0 Å². The molecule has 2 heterocycles. The first kappa shape index (κ1) is 16.2. The van der Waals surface area contributed by atoms with Crippen LogP contribution in [0.15, 0.2) is 28.5 Å². The van der Waals surface area contributed by atoms with Crippen molar-refractivity contribution in [1.82, 2.24) is 9.55 Å². The quantitative estimate of drug-likeness (QED) is 0.828. The first-order valence-electron chi connectivity index (χ1n) is 7.65. The van der Waals surface area contributed by atoms with Crippen molar-refractivity contribution in [2.75, 3.05) is 0 Å². The molecule has 0 radical (unpaired) electrons. The maximum atomic E-state index is 12.8. The fourth-order valence-corrected chi connectivity index (χ4v) is 3.91. The van der Waals surface area contributed by atoms with Gasteiger partial charge in [-0.15, -0.1) is 11.3 Å². The van der Waals surface area contributed by atoms with Gasteiger partial charge in [-0.25, -0.2) is 4.98 Å². The Bertz CT molecular complexity index is 729. The van der Waals surface area contributed by atoms with Gasteiger partial charge in [0.25, 0.3) is 5.56 Å². The van der Waals surface area contributed by atoms with Crippen LogP contribution in [0.3, 0.4) is 0 Å². The molecule has 3 rings (SSSR count). The van der Waals surface area contributed by atoms with E-state index in [1.165, 1.54) is 19.3 Å². The summed E-state index contributed by atoms with van der Waals surface area (Å²) in [6, 6.07) is 1.77. The van der Waals surface area contributed by atoms with Crippen molar-refractivity contribution in [2.45, 2.75) is 50.7 Å². The van der Waals surface area contributed by atoms with Crippen molar-refractivity contribution in [3.63, 3.8) is 0 Å². The number of aromatic nitrogens is 2. The number of nitrogens with zero attached hydrogens (tertiary/aromatic N) is 2. The lowest BCUT2D eigenvalue weighted by atomic mass is 9.90. The maximum Gasteiger partial charge on any atom is 0.417 e. The largest absolute Gasteiger partial charge is 0.417 e. The Labute approximate surface area is 135 Å². The van der Waals surface area contributed by atoms with Gasteiger partial charge in [-0.3, -0.25) is 4.79 Å². The van der Waals surface area contributed by atoms with Crippen LogP contribution in [-0.4, -0.2) is 9.55 Å². The van der Waals surface area contributed by atoms with E-state index in [1.807, 2.05) is 5.38 Å².